The Hall–Kier alpha value is -3.98. The molecule has 0 bridgehead atoms. The van der Waals surface area contributed by atoms with Crippen LogP contribution in [0.15, 0.2) is 65.6 Å². The second-order valence-corrected chi connectivity index (χ2v) is 12.3. The summed E-state index contributed by atoms with van der Waals surface area (Å²) >= 11 is 6.30. The Morgan fingerprint density at radius 3 is 2.44 bits per heavy atom. The van der Waals surface area contributed by atoms with Crippen molar-refractivity contribution in [2.24, 2.45) is 0 Å². The number of likely N-dealkylation sites (tertiary alicyclic amines) is 1. The average molecular weight is 602 g/mol. The first-order valence-electron chi connectivity index (χ1n) is 15.1. The van der Waals surface area contributed by atoms with Crippen molar-refractivity contribution in [3.8, 4) is 16.9 Å². The lowest BCUT2D eigenvalue weighted by Gasteiger charge is -2.45. The van der Waals surface area contributed by atoms with E-state index >= 15 is 0 Å². The van der Waals surface area contributed by atoms with Gasteiger partial charge in [-0.2, -0.15) is 9.78 Å². The van der Waals surface area contributed by atoms with Crippen LogP contribution < -0.4 is 10.5 Å². The quantitative estimate of drug-likeness (QED) is 0.223. The summed E-state index contributed by atoms with van der Waals surface area (Å²) < 4.78 is 3.10. The highest BCUT2D eigenvalue weighted by Crippen LogP contribution is 2.34. The van der Waals surface area contributed by atoms with Crippen LogP contribution in [0.3, 0.4) is 0 Å². The fraction of sp³-hybridized carbons (Fsp3) is 0.424. The summed E-state index contributed by atoms with van der Waals surface area (Å²) in [7, 11) is 0. The monoisotopic (exact) mass is 601 g/mol. The van der Waals surface area contributed by atoms with Gasteiger partial charge in [0, 0.05) is 47.5 Å². The molecule has 1 unspecified atom stereocenters. The molecule has 2 aromatic heterocycles. The number of piperidine rings is 1. The Morgan fingerprint density at radius 1 is 1.05 bits per heavy atom. The van der Waals surface area contributed by atoms with Crippen molar-refractivity contribution in [3.63, 3.8) is 0 Å². The Labute approximate surface area is 258 Å². The van der Waals surface area contributed by atoms with Crippen molar-refractivity contribution >= 4 is 23.2 Å². The van der Waals surface area contributed by atoms with Gasteiger partial charge in [0.15, 0.2) is 0 Å². The number of benzene rings is 2. The highest BCUT2D eigenvalue weighted by atomic mass is 35.5. The second-order valence-electron chi connectivity index (χ2n) is 11.9. The van der Waals surface area contributed by atoms with E-state index in [2.05, 4.69) is 72.3 Å². The molecule has 226 valence electrons. The molecule has 5 rings (SSSR count). The summed E-state index contributed by atoms with van der Waals surface area (Å²) in [6.45, 7) is 12.9. The maximum atomic E-state index is 13.9. The molecule has 9 nitrogen and oxygen atoms in total. The smallest absolute Gasteiger partial charge is 0.274 e. The third-order valence-electron chi connectivity index (χ3n) is 8.28. The molecule has 1 atom stereocenters. The number of aromatic nitrogens is 5. The maximum absolute atomic E-state index is 13.9. The SMILES string of the molecule is CCCN(CCC)c1ccc(-c2cn(C3CCC(C)(C)N(C(=O)c4ccc(=O)n(-c5ccc(C)c(Cl)c5)n4)C3)nn2)cc1. The minimum atomic E-state index is -0.397. The molecule has 3 heterocycles. The van der Waals surface area contributed by atoms with Crippen LogP contribution in [0.1, 0.15) is 75.5 Å². The molecule has 1 aliphatic heterocycles. The lowest BCUT2D eigenvalue weighted by Crippen LogP contribution is -2.54. The van der Waals surface area contributed by atoms with Gasteiger partial charge >= 0.3 is 0 Å². The van der Waals surface area contributed by atoms with Gasteiger partial charge < -0.3 is 9.80 Å². The van der Waals surface area contributed by atoms with Crippen molar-refractivity contribution < 1.29 is 4.79 Å². The minimum Gasteiger partial charge on any atom is -0.372 e. The molecule has 0 saturated carbocycles. The molecule has 0 N–H and O–H groups in total. The molecule has 4 aromatic rings. The molecular weight excluding hydrogens is 562 g/mol. The van der Waals surface area contributed by atoms with E-state index in [9.17, 15) is 9.59 Å². The summed E-state index contributed by atoms with van der Waals surface area (Å²) in [5.41, 5.74) is 3.90. The van der Waals surface area contributed by atoms with E-state index in [0.717, 1.165) is 55.6 Å². The minimum absolute atomic E-state index is 0.0380. The molecule has 0 spiro atoms. The van der Waals surface area contributed by atoms with Crippen molar-refractivity contribution in [1.82, 2.24) is 29.7 Å². The van der Waals surface area contributed by atoms with Crippen LogP contribution in [-0.2, 0) is 0 Å². The van der Waals surface area contributed by atoms with Crippen molar-refractivity contribution in [1.29, 1.82) is 0 Å². The molecule has 1 fully saturated rings. The number of hydrogen-bond acceptors (Lipinski definition) is 6. The Morgan fingerprint density at radius 2 is 1.77 bits per heavy atom. The van der Waals surface area contributed by atoms with E-state index in [1.165, 1.54) is 22.5 Å². The Kier molecular flexibility index (Phi) is 9.01. The number of nitrogens with zero attached hydrogens (tertiary/aromatic N) is 7. The number of halogens is 1. The molecule has 1 saturated heterocycles. The predicted molar refractivity (Wildman–Crippen MR) is 171 cm³/mol. The van der Waals surface area contributed by atoms with Crippen LogP contribution in [0.4, 0.5) is 5.69 Å². The normalized spacial score (nSPS) is 16.3. The van der Waals surface area contributed by atoms with E-state index < -0.39 is 5.54 Å². The zero-order valence-electron chi connectivity index (χ0n) is 25.6. The first-order valence-corrected chi connectivity index (χ1v) is 15.4. The van der Waals surface area contributed by atoms with Crippen LogP contribution in [0.25, 0.3) is 16.9 Å². The zero-order chi connectivity index (χ0) is 30.7. The predicted octanol–water partition coefficient (Wildman–Crippen LogP) is 6.34. The number of carbonyl (C=O) groups is 1. The van der Waals surface area contributed by atoms with Crippen LogP contribution in [0.2, 0.25) is 5.02 Å². The molecule has 0 radical (unpaired) electrons. The number of rotatable bonds is 9. The Balaban J connectivity index is 1.35. The molecule has 1 aliphatic rings. The van der Waals surface area contributed by atoms with Crippen molar-refractivity contribution in [2.45, 2.75) is 71.9 Å². The highest BCUT2D eigenvalue weighted by Gasteiger charge is 2.39. The van der Waals surface area contributed by atoms with Gasteiger partial charge in [-0.15, -0.1) is 5.10 Å². The van der Waals surface area contributed by atoms with E-state index in [-0.39, 0.29) is 23.2 Å². The summed E-state index contributed by atoms with van der Waals surface area (Å²) in [4.78, 5) is 30.8. The van der Waals surface area contributed by atoms with Crippen LogP contribution in [-0.4, -0.2) is 60.8 Å². The summed E-state index contributed by atoms with van der Waals surface area (Å²) in [6.07, 6.45) is 5.82. The fourth-order valence-electron chi connectivity index (χ4n) is 5.68. The fourth-order valence-corrected chi connectivity index (χ4v) is 5.85. The second kappa shape index (κ2) is 12.7. The van der Waals surface area contributed by atoms with Gasteiger partial charge in [-0.3, -0.25) is 9.59 Å². The third-order valence-corrected chi connectivity index (χ3v) is 8.68. The number of anilines is 1. The standard InChI is InChI=1S/C33H40ClN7O2/c1-6-18-38(19-7-2)25-12-9-24(10-13-25)30-22-40(37-35-30)27-16-17-33(4,5)39(21-27)32(43)29-14-15-31(42)41(36-29)26-11-8-23(3)28(34)20-26/h8-15,20,22,27H,6-7,16-19,21H2,1-5H3. The lowest BCUT2D eigenvalue weighted by atomic mass is 9.87. The molecular formula is C33H40ClN7O2. The molecule has 0 aliphatic carbocycles. The lowest BCUT2D eigenvalue weighted by molar-refractivity contribution is 0.0301. The molecule has 10 heteroatoms. The largest absolute Gasteiger partial charge is 0.372 e. The topological polar surface area (TPSA) is 89.1 Å². The number of aryl methyl sites for hydroxylation is 1. The van der Waals surface area contributed by atoms with Crippen LogP contribution in [0.5, 0.6) is 0 Å². The van der Waals surface area contributed by atoms with Crippen LogP contribution in [0, 0.1) is 6.92 Å². The first kappa shape index (κ1) is 30.5. The van der Waals surface area contributed by atoms with E-state index in [0.29, 0.717) is 17.3 Å². The van der Waals surface area contributed by atoms with Gasteiger partial charge in [-0.1, -0.05) is 48.9 Å². The van der Waals surface area contributed by atoms with Gasteiger partial charge in [0.2, 0.25) is 0 Å². The first-order chi connectivity index (χ1) is 20.6. The number of carbonyl (C=O) groups excluding carboxylic acids is 1. The average Bonchev–Trinajstić information content (AvgIpc) is 3.49. The van der Waals surface area contributed by atoms with Crippen molar-refractivity contribution in [3.05, 3.63) is 87.4 Å². The van der Waals surface area contributed by atoms with Gasteiger partial charge in [0.05, 0.1) is 17.9 Å². The van der Waals surface area contributed by atoms with E-state index in [1.54, 1.807) is 12.1 Å². The van der Waals surface area contributed by atoms with E-state index in [4.69, 9.17) is 11.6 Å². The van der Waals surface area contributed by atoms with Gasteiger partial charge in [0.25, 0.3) is 11.5 Å². The zero-order valence-corrected chi connectivity index (χ0v) is 26.4. The number of amides is 1. The van der Waals surface area contributed by atoms with Gasteiger partial charge in [-0.05, 0) is 82.3 Å². The maximum Gasteiger partial charge on any atom is 0.274 e. The number of hydrogen-bond donors (Lipinski definition) is 0. The van der Waals surface area contributed by atoms with Gasteiger partial charge in [-0.25, -0.2) is 4.68 Å². The summed E-state index contributed by atoms with van der Waals surface area (Å²) in [5, 5.41) is 13.9. The molecule has 1 amide bonds. The van der Waals surface area contributed by atoms with Crippen molar-refractivity contribution in [2.75, 3.05) is 24.5 Å². The Bertz CT molecular complexity index is 1640. The summed E-state index contributed by atoms with van der Waals surface area (Å²) in [6, 6.07) is 16.6. The molecule has 43 heavy (non-hydrogen) atoms. The van der Waals surface area contributed by atoms with Crippen LogP contribution >= 0.6 is 11.6 Å². The third kappa shape index (κ3) is 6.51. The van der Waals surface area contributed by atoms with Gasteiger partial charge in [0.1, 0.15) is 11.4 Å². The van der Waals surface area contributed by atoms with E-state index in [1.807, 2.05) is 28.8 Å². The molecule has 2 aromatic carbocycles. The highest BCUT2D eigenvalue weighted by molar-refractivity contribution is 6.31. The summed E-state index contributed by atoms with van der Waals surface area (Å²) in [5.74, 6) is -0.235.